The van der Waals surface area contributed by atoms with E-state index in [0.29, 0.717) is 0 Å². The Labute approximate surface area is 116 Å². The molecule has 0 aliphatic heterocycles. The topological polar surface area (TPSA) is 53.4 Å². The van der Waals surface area contributed by atoms with E-state index < -0.39 is 5.97 Å². The third-order valence-electron chi connectivity index (χ3n) is 3.06. The van der Waals surface area contributed by atoms with Gasteiger partial charge in [0.15, 0.2) is 0 Å². The first-order valence-corrected chi connectivity index (χ1v) is 7.24. The van der Waals surface area contributed by atoms with Gasteiger partial charge in [0, 0.05) is 0 Å². The van der Waals surface area contributed by atoms with Crippen LogP contribution < -0.4 is 0 Å². The first-order chi connectivity index (χ1) is 9.11. The number of carbonyl (C=O) groups is 1. The molecule has 0 aliphatic carbocycles. The van der Waals surface area contributed by atoms with E-state index in [9.17, 15) is 4.79 Å². The van der Waals surface area contributed by atoms with Crippen LogP contribution in [0.15, 0.2) is 24.3 Å². The Morgan fingerprint density at radius 2 is 2.21 bits per heavy atom. The van der Waals surface area contributed by atoms with Crippen LogP contribution in [0.2, 0.25) is 0 Å². The third kappa shape index (κ3) is 3.30. The highest BCUT2D eigenvalue weighted by Gasteiger charge is 2.20. The number of carboxylic acids is 1. The number of hydrogen-bond donors (Lipinski definition) is 1. The normalized spacial score (nSPS) is 13.0. The number of para-hydroxylation sites is 1. The smallest absolute Gasteiger partial charge is 0.317 e. The molecule has 102 valence electrons. The van der Waals surface area contributed by atoms with E-state index in [2.05, 4.69) is 11.9 Å². The second-order valence-electron chi connectivity index (χ2n) is 4.56. The van der Waals surface area contributed by atoms with Crippen LogP contribution in [0.3, 0.4) is 0 Å². The van der Waals surface area contributed by atoms with Crippen LogP contribution in [0, 0.1) is 0 Å². The molecule has 0 amide bonds. The summed E-state index contributed by atoms with van der Waals surface area (Å²) in [6, 6.07) is 8.04. The quantitative estimate of drug-likeness (QED) is 0.882. The van der Waals surface area contributed by atoms with E-state index in [1.54, 1.807) is 11.3 Å². The lowest BCUT2D eigenvalue weighted by molar-refractivity contribution is -0.138. The second kappa shape index (κ2) is 6.12. The fraction of sp³-hybridized carbons (Fsp3) is 0.429. The molecule has 5 heteroatoms. The molecule has 1 aromatic heterocycles. The zero-order chi connectivity index (χ0) is 13.8. The number of hydrogen-bond acceptors (Lipinski definition) is 4. The number of fused-ring (bicyclic) bond motifs is 1. The molecule has 0 radical (unpaired) electrons. The third-order valence-corrected chi connectivity index (χ3v) is 4.27. The van der Waals surface area contributed by atoms with E-state index >= 15 is 0 Å². The molecule has 0 saturated heterocycles. The summed E-state index contributed by atoms with van der Waals surface area (Å²) in [6.45, 7) is 4.91. The van der Waals surface area contributed by atoms with Crippen molar-refractivity contribution in [3.05, 3.63) is 29.3 Å². The maximum atomic E-state index is 10.9. The van der Waals surface area contributed by atoms with E-state index in [1.165, 1.54) is 0 Å². The summed E-state index contributed by atoms with van der Waals surface area (Å²) < 4.78 is 1.15. The van der Waals surface area contributed by atoms with E-state index in [1.807, 2.05) is 36.1 Å². The van der Waals surface area contributed by atoms with Crippen molar-refractivity contribution in [2.24, 2.45) is 0 Å². The van der Waals surface area contributed by atoms with Gasteiger partial charge in [0.2, 0.25) is 0 Å². The summed E-state index contributed by atoms with van der Waals surface area (Å²) in [7, 11) is 0. The number of benzene rings is 1. The van der Waals surface area contributed by atoms with Crippen LogP contribution in [-0.4, -0.2) is 34.0 Å². The predicted octanol–water partition coefficient (Wildman–Crippen LogP) is 3.15. The van der Waals surface area contributed by atoms with E-state index in [0.717, 1.165) is 28.2 Å². The van der Waals surface area contributed by atoms with Gasteiger partial charge in [-0.25, -0.2) is 4.98 Å². The lowest BCUT2D eigenvalue weighted by Crippen LogP contribution is -2.33. The Kier molecular flexibility index (Phi) is 4.50. The van der Waals surface area contributed by atoms with Crippen molar-refractivity contribution < 1.29 is 9.90 Å². The number of aromatic nitrogens is 1. The van der Waals surface area contributed by atoms with Crippen molar-refractivity contribution in [3.63, 3.8) is 0 Å². The molecule has 0 aliphatic rings. The van der Waals surface area contributed by atoms with Gasteiger partial charge in [0.05, 0.1) is 22.8 Å². The van der Waals surface area contributed by atoms with Crippen molar-refractivity contribution in [2.75, 3.05) is 13.1 Å². The van der Waals surface area contributed by atoms with Gasteiger partial charge in [-0.2, -0.15) is 0 Å². The van der Waals surface area contributed by atoms with Gasteiger partial charge in [-0.1, -0.05) is 19.1 Å². The number of rotatable bonds is 6. The minimum atomic E-state index is -0.790. The van der Waals surface area contributed by atoms with Gasteiger partial charge in [0.25, 0.3) is 0 Å². The average Bonchev–Trinajstić information content (AvgIpc) is 2.80. The van der Waals surface area contributed by atoms with Gasteiger partial charge in [0.1, 0.15) is 5.01 Å². The van der Waals surface area contributed by atoms with Crippen molar-refractivity contribution in [1.29, 1.82) is 0 Å². The number of thiazole rings is 1. The van der Waals surface area contributed by atoms with Gasteiger partial charge in [-0.05, 0) is 32.0 Å². The first-order valence-electron chi connectivity index (χ1n) is 6.43. The molecule has 1 heterocycles. The first kappa shape index (κ1) is 14.0. The van der Waals surface area contributed by atoms with Crippen LogP contribution in [0.25, 0.3) is 10.2 Å². The lowest BCUT2D eigenvalue weighted by Gasteiger charge is -2.25. The average molecular weight is 278 g/mol. The van der Waals surface area contributed by atoms with Crippen LogP contribution in [0.5, 0.6) is 0 Å². The molecule has 19 heavy (non-hydrogen) atoms. The maximum absolute atomic E-state index is 10.9. The molecule has 0 spiro atoms. The molecule has 2 aromatic rings. The van der Waals surface area contributed by atoms with Gasteiger partial charge >= 0.3 is 5.97 Å². The zero-order valence-corrected chi connectivity index (χ0v) is 12.0. The molecule has 1 N–H and O–H groups in total. The van der Waals surface area contributed by atoms with Crippen LogP contribution in [-0.2, 0) is 4.79 Å². The highest BCUT2D eigenvalue weighted by Crippen LogP contribution is 2.29. The van der Waals surface area contributed by atoms with Gasteiger partial charge < -0.3 is 5.11 Å². The van der Waals surface area contributed by atoms with Crippen molar-refractivity contribution in [3.8, 4) is 0 Å². The largest absolute Gasteiger partial charge is 0.480 e. The predicted molar refractivity (Wildman–Crippen MR) is 77.5 cm³/mol. The molecule has 1 atom stereocenters. The minimum Gasteiger partial charge on any atom is -0.480 e. The molecule has 0 bridgehead atoms. The standard InChI is InChI=1S/C14H18N2O2S/c1-3-8-16(9-13(17)18)10(2)14-15-11-6-4-5-7-12(11)19-14/h4-7,10H,3,8-9H2,1-2H3,(H,17,18). The molecule has 2 rings (SSSR count). The van der Waals surface area contributed by atoms with E-state index in [4.69, 9.17) is 5.11 Å². The minimum absolute atomic E-state index is 0.0356. The summed E-state index contributed by atoms with van der Waals surface area (Å²) in [5.74, 6) is -0.790. The zero-order valence-electron chi connectivity index (χ0n) is 11.2. The van der Waals surface area contributed by atoms with Gasteiger partial charge in [-0.15, -0.1) is 11.3 Å². The summed E-state index contributed by atoms with van der Waals surface area (Å²) in [5.41, 5.74) is 0.987. The monoisotopic (exact) mass is 278 g/mol. The Hall–Kier alpha value is -1.46. The van der Waals surface area contributed by atoms with Crippen LogP contribution >= 0.6 is 11.3 Å². The van der Waals surface area contributed by atoms with Crippen molar-refractivity contribution in [1.82, 2.24) is 9.88 Å². The summed E-state index contributed by atoms with van der Waals surface area (Å²) >= 11 is 1.64. The molecule has 0 fully saturated rings. The number of aliphatic carboxylic acids is 1. The highest BCUT2D eigenvalue weighted by atomic mass is 32.1. The Bertz CT molecular complexity index is 534. The van der Waals surface area contributed by atoms with Crippen molar-refractivity contribution in [2.45, 2.75) is 26.3 Å². The fourth-order valence-electron chi connectivity index (χ4n) is 2.10. The van der Waals surface area contributed by atoms with Crippen LogP contribution in [0.1, 0.15) is 31.3 Å². The lowest BCUT2D eigenvalue weighted by atomic mass is 10.2. The SMILES string of the molecule is CCCN(CC(=O)O)C(C)c1nc2ccccc2s1. The van der Waals surface area contributed by atoms with Crippen molar-refractivity contribution >= 4 is 27.5 Å². The van der Waals surface area contributed by atoms with Crippen LogP contribution in [0.4, 0.5) is 0 Å². The highest BCUT2D eigenvalue weighted by molar-refractivity contribution is 7.18. The summed E-state index contributed by atoms with van der Waals surface area (Å²) in [4.78, 5) is 17.5. The summed E-state index contributed by atoms with van der Waals surface area (Å²) in [6.07, 6.45) is 0.933. The Balaban J connectivity index is 2.24. The Morgan fingerprint density at radius 1 is 1.47 bits per heavy atom. The van der Waals surface area contributed by atoms with Gasteiger partial charge in [-0.3, -0.25) is 9.69 Å². The molecule has 0 saturated carbocycles. The van der Waals surface area contributed by atoms with E-state index in [-0.39, 0.29) is 12.6 Å². The Morgan fingerprint density at radius 3 is 2.84 bits per heavy atom. The summed E-state index contributed by atoms with van der Waals surface area (Å²) in [5, 5.41) is 9.97. The molecular formula is C14H18N2O2S. The molecule has 4 nitrogen and oxygen atoms in total. The maximum Gasteiger partial charge on any atom is 0.317 e. The molecule has 1 aromatic carbocycles. The fourth-order valence-corrected chi connectivity index (χ4v) is 3.15. The molecule has 1 unspecified atom stereocenters. The molecular weight excluding hydrogens is 260 g/mol. The number of nitrogens with zero attached hydrogens (tertiary/aromatic N) is 2. The second-order valence-corrected chi connectivity index (χ2v) is 5.62. The number of carboxylic acid groups (broad SMARTS) is 1.